The van der Waals surface area contributed by atoms with Crippen LogP contribution in [-0.2, 0) is 0 Å². The molecule has 0 aliphatic carbocycles. The maximum Gasteiger partial charge on any atom is 0.00473 e. The van der Waals surface area contributed by atoms with Crippen LogP contribution in [0.4, 0.5) is 0 Å². The number of rotatable bonds is 10. The molecule has 1 N–H and O–H groups in total. The lowest BCUT2D eigenvalue weighted by molar-refractivity contribution is 0.159. The third kappa shape index (κ3) is 6.49. The number of hydrogen-bond donors (Lipinski definition) is 1. The summed E-state index contributed by atoms with van der Waals surface area (Å²) in [5, 5.41) is 3.50. The minimum atomic E-state index is 0.430. The first-order valence-electron chi connectivity index (χ1n) is 7.04. The lowest BCUT2D eigenvalue weighted by Crippen LogP contribution is -2.42. The van der Waals surface area contributed by atoms with E-state index in [1.54, 1.807) is 0 Å². The van der Waals surface area contributed by atoms with Crippen LogP contribution >= 0.6 is 0 Å². The highest BCUT2D eigenvalue weighted by molar-refractivity contribution is 4.79. The second-order valence-electron chi connectivity index (χ2n) is 5.17. The topological polar surface area (TPSA) is 15.3 Å². The Kier molecular flexibility index (Phi) is 8.96. The van der Waals surface area contributed by atoms with Gasteiger partial charge >= 0.3 is 0 Å². The van der Waals surface area contributed by atoms with Gasteiger partial charge in [0.1, 0.15) is 0 Å². The summed E-state index contributed by atoms with van der Waals surface area (Å²) >= 11 is 0. The summed E-state index contributed by atoms with van der Waals surface area (Å²) in [6.07, 6.45) is 3.88. The highest BCUT2D eigenvalue weighted by Gasteiger charge is 2.23. The third-order valence-electron chi connectivity index (χ3n) is 3.54. The van der Waals surface area contributed by atoms with Gasteiger partial charge in [0.2, 0.25) is 0 Å². The Bertz CT molecular complexity index is 159. The van der Waals surface area contributed by atoms with E-state index in [1.807, 2.05) is 0 Å². The predicted octanol–water partition coefficient (Wildman–Crippen LogP) is 3.13. The van der Waals surface area contributed by atoms with Crippen molar-refractivity contribution in [1.82, 2.24) is 10.2 Å². The molecule has 0 fully saturated rings. The molecule has 0 amide bonds. The molecule has 98 valence electrons. The van der Waals surface area contributed by atoms with Crippen LogP contribution in [-0.4, -0.2) is 37.6 Å². The Hall–Kier alpha value is -0.0800. The molecule has 0 bridgehead atoms. The van der Waals surface area contributed by atoms with Crippen LogP contribution in [0.15, 0.2) is 0 Å². The van der Waals surface area contributed by atoms with E-state index in [4.69, 9.17) is 0 Å². The molecule has 0 aliphatic rings. The molecule has 0 radical (unpaired) electrons. The first-order chi connectivity index (χ1) is 7.61. The first kappa shape index (κ1) is 15.9. The summed E-state index contributed by atoms with van der Waals surface area (Å²) in [6.45, 7) is 17.3. The van der Waals surface area contributed by atoms with E-state index in [0.29, 0.717) is 5.41 Å². The van der Waals surface area contributed by atoms with Gasteiger partial charge in [0.05, 0.1) is 0 Å². The zero-order valence-electron chi connectivity index (χ0n) is 12.1. The molecule has 0 heterocycles. The Morgan fingerprint density at radius 2 is 1.81 bits per heavy atom. The van der Waals surface area contributed by atoms with E-state index in [2.05, 4.69) is 44.8 Å². The van der Waals surface area contributed by atoms with E-state index in [9.17, 15) is 0 Å². The highest BCUT2D eigenvalue weighted by Crippen LogP contribution is 2.21. The van der Waals surface area contributed by atoms with Crippen molar-refractivity contribution < 1.29 is 0 Å². The van der Waals surface area contributed by atoms with Gasteiger partial charge < -0.3 is 10.2 Å². The van der Waals surface area contributed by atoms with E-state index in [0.717, 1.165) is 13.1 Å². The number of hydrogen-bond acceptors (Lipinski definition) is 2. The summed E-state index contributed by atoms with van der Waals surface area (Å²) in [5.74, 6) is 0. The molecule has 0 saturated heterocycles. The standard InChI is InChI=1S/C14H32N2/c1-6-10-11-16(9-4)13-14(5,7-2)12-15-8-3/h15H,6-13H2,1-5H3. The fourth-order valence-electron chi connectivity index (χ4n) is 1.99. The fraction of sp³-hybridized carbons (Fsp3) is 1.00. The second-order valence-corrected chi connectivity index (χ2v) is 5.17. The van der Waals surface area contributed by atoms with Crippen molar-refractivity contribution in [3.63, 3.8) is 0 Å². The van der Waals surface area contributed by atoms with Crippen LogP contribution in [0.3, 0.4) is 0 Å². The van der Waals surface area contributed by atoms with Gasteiger partial charge in [-0.25, -0.2) is 0 Å². The lowest BCUT2D eigenvalue weighted by atomic mass is 9.86. The van der Waals surface area contributed by atoms with Crippen molar-refractivity contribution in [1.29, 1.82) is 0 Å². The van der Waals surface area contributed by atoms with Gasteiger partial charge in [-0.3, -0.25) is 0 Å². The van der Waals surface area contributed by atoms with E-state index >= 15 is 0 Å². The Labute approximate surface area is 103 Å². The third-order valence-corrected chi connectivity index (χ3v) is 3.54. The Balaban J connectivity index is 4.12. The number of nitrogens with one attached hydrogen (secondary N) is 1. The van der Waals surface area contributed by atoms with Crippen LogP contribution in [0.2, 0.25) is 0 Å². The van der Waals surface area contributed by atoms with Crippen molar-refractivity contribution in [2.45, 2.75) is 53.9 Å². The number of unbranched alkanes of at least 4 members (excludes halogenated alkanes) is 1. The van der Waals surface area contributed by atoms with E-state index in [1.165, 1.54) is 38.9 Å². The van der Waals surface area contributed by atoms with Gasteiger partial charge in [0, 0.05) is 13.1 Å². The summed E-state index contributed by atoms with van der Waals surface area (Å²) in [5.41, 5.74) is 0.430. The maximum atomic E-state index is 3.50. The van der Waals surface area contributed by atoms with Gasteiger partial charge in [-0.2, -0.15) is 0 Å². The Morgan fingerprint density at radius 3 is 2.25 bits per heavy atom. The maximum absolute atomic E-state index is 3.50. The Morgan fingerprint density at radius 1 is 1.12 bits per heavy atom. The van der Waals surface area contributed by atoms with Crippen LogP contribution in [0, 0.1) is 5.41 Å². The molecule has 0 aromatic heterocycles. The van der Waals surface area contributed by atoms with Gasteiger partial charge in [-0.15, -0.1) is 0 Å². The fourth-order valence-corrected chi connectivity index (χ4v) is 1.99. The lowest BCUT2D eigenvalue weighted by Gasteiger charge is -2.34. The zero-order chi connectivity index (χ0) is 12.4. The molecule has 0 aliphatic heterocycles. The van der Waals surface area contributed by atoms with Crippen LogP contribution < -0.4 is 5.32 Å². The van der Waals surface area contributed by atoms with Crippen LogP contribution in [0.25, 0.3) is 0 Å². The predicted molar refractivity (Wildman–Crippen MR) is 74.0 cm³/mol. The molecule has 2 heteroatoms. The van der Waals surface area contributed by atoms with Gasteiger partial charge in [0.25, 0.3) is 0 Å². The normalized spacial score (nSPS) is 15.4. The van der Waals surface area contributed by atoms with Crippen molar-refractivity contribution in [2.24, 2.45) is 5.41 Å². The van der Waals surface area contributed by atoms with Gasteiger partial charge in [0.15, 0.2) is 0 Å². The largest absolute Gasteiger partial charge is 0.316 e. The molecule has 0 aromatic rings. The second kappa shape index (κ2) is 9.00. The summed E-state index contributed by atoms with van der Waals surface area (Å²) in [7, 11) is 0. The average Bonchev–Trinajstić information content (AvgIpc) is 2.32. The molecule has 0 rings (SSSR count). The monoisotopic (exact) mass is 228 g/mol. The summed E-state index contributed by atoms with van der Waals surface area (Å²) < 4.78 is 0. The van der Waals surface area contributed by atoms with Crippen LogP contribution in [0.1, 0.15) is 53.9 Å². The number of nitrogens with zero attached hydrogens (tertiary/aromatic N) is 1. The zero-order valence-corrected chi connectivity index (χ0v) is 12.1. The molecular weight excluding hydrogens is 196 g/mol. The molecule has 0 aromatic carbocycles. The first-order valence-corrected chi connectivity index (χ1v) is 7.04. The average molecular weight is 228 g/mol. The van der Waals surface area contributed by atoms with Gasteiger partial charge in [-0.1, -0.05) is 41.0 Å². The highest BCUT2D eigenvalue weighted by atomic mass is 15.1. The molecule has 1 atom stereocenters. The molecule has 16 heavy (non-hydrogen) atoms. The minimum absolute atomic E-state index is 0.430. The van der Waals surface area contributed by atoms with E-state index in [-0.39, 0.29) is 0 Å². The molecule has 2 nitrogen and oxygen atoms in total. The molecule has 0 saturated carbocycles. The summed E-state index contributed by atoms with van der Waals surface area (Å²) in [4.78, 5) is 2.60. The van der Waals surface area contributed by atoms with Crippen molar-refractivity contribution in [2.75, 3.05) is 32.7 Å². The van der Waals surface area contributed by atoms with Gasteiger partial charge in [-0.05, 0) is 37.9 Å². The molecule has 1 unspecified atom stereocenters. The van der Waals surface area contributed by atoms with E-state index < -0.39 is 0 Å². The summed E-state index contributed by atoms with van der Waals surface area (Å²) in [6, 6.07) is 0. The van der Waals surface area contributed by atoms with Crippen molar-refractivity contribution >= 4 is 0 Å². The SMILES string of the molecule is CCCCN(CC)CC(C)(CC)CNCC. The molecule has 0 spiro atoms. The van der Waals surface area contributed by atoms with Crippen molar-refractivity contribution in [3.05, 3.63) is 0 Å². The van der Waals surface area contributed by atoms with Crippen LogP contribution in [0.5, 0.6) is 0 Å². The smallest absolute Gasteiger partial charge is 0.00473 e. The minimum Gasteiger partial charge on any atom is -0.316 e. The van der Waals surface area contributed by atoms with Crippen molar-refractivity contribution in [3.8, 4) is 0 Å². The molecular formula is C14H32N2. The quantitative estimate of drug-likeness (QED) is 0.618.